The Kier molecular flexibility index (Phi) is 1.68. The molecule has 2 aliphatic rings. The van der Waals surface area contributed by atoms with Gasteiger partial charge in [0.05, 0.1) is 0 Å². The highest BCUT2D eigenvalue weighted by Gasteiger charge is 2.25. The molecule has 0 atom stereocenters. The van der Waals surface area contributed by atoms with E-state index < -0.39 is 0 Å². The number of nitrogens with zero attached hydrogens (tertiary/aromatic N) is 1. The molecule has 2 nitrogen and oxygen atoms in total. The van der Waals surface area contributed by atoms with Crippen LogP contribution >= 0.6 is 0 Å². The second-order valence-electron chi connectivity index (χ2n) is 4.92. The van der Waals surface area contributed by atoms with Crippen molar-refractivity contribution in [1.29, 1.82) is 0 Å². The van der Waals surface area contributed by atoms with Gasteiger partial charge in [-0.15, -0.1) is 0 Å². The smallest absolute Gasteiger partial charge is 0.254 e. The first kappa shape index (κ1) is 9.23. The highest BCUT2D eigenvalue weighted by Crippen LogP contribution is 2.35. The Labute approximate surface area is 99.5 Å². The van der Waals surface area contributed by atoms with E-state index in [2.05, 4.69) is 30.3 Å². The van der Waals surface area contributed by atoms with Gasteiger partial charge in [-0.3, -0.25) is 4.79 Å². The van der Waals surface area contributed by atoms with Crippen LogP contribution in [0.3, 0.4) is 0 Å². The predicted molar refractivity (Wildman–Crippen MR) is 67.3 cm³/mol. The van der Waals surface area contributed by atoms with Gasteiger partial charge in [-0.1, -0.05) is 24.3 Å². The minimum atomic E-state index is 0.242. The van der Waals surface area contributed by atoms with Crippen molar-refractivity contribution in [2.75, 3.05) is 0 Å². The van der Waals surface area contributed by atoms with Crippen molar-refractivity contribution in [2.45, 2.75) is 25.8 Å². The van der Waals surface area contributed by atoms with Crippen LogP contribution in [0, 0.1) is 0 Å². The summed E-state index contributed by atoms with van der Waals surface area (Å²) in [6, 6.07) is 10.6. The van der Waals surface area contributed by atoms with Crippen molar-refractivity contribution in [2.24, 2.45) is 0 Å². The molecule has 84 valence electrons. The fraction of sp³-hybridized carbons (Fsp3) is 0.267. The SMILES string of the molecule is O=c1c2c(cc3n1CCC3)-c1ccccc1C2. The van der Waals surface area contributed by atoms with Crippen molar-refractivity contribution in [3.63, 3.8) is 0 Å². The molecule has 0 fully saturated rings. The van der Waals surface area contributed by atoms with E-state index in [1.165, 1.54) is 22.4 Å². The summed E-state index contributed by atoms with van der Waals surface area (Å²) in [7, 11) is 0. The normalized spacial score (nSPS) is 15.5. The van der Waals surface area contributed by atoms with E-state index in [9.17, 15) is 4.79 Å². The van der Waals surface area contributed by atoms with Crippen molar-refractivity contribution < 1.29 is 0 Å². The highest BCUT2D eigenvalue weighted by atomic mass is 16.1. The molecule has 0 unspecified atom stereocenters. The Morgan fingerprint density at radius 1 is 1.12 bits per heavy atom. The molecule has 0 amide bonds. The van der Waals surface area contributed by atoms with Crippen molar-refractivity contribution in [3.8, 4) is 11.1 Å². The molecule has 0 radical (unpaired) electrons. The molecule has 4 rings (SSSR count). The molecule has 2 heterocycles. The lowest BCUT2D eigenvalue weighted by atomic mass is 10.1. The van der Waals surface area contributed by atoms with Crippen LogP contribution in [0.1, 0.15) is 23.2 Å². The van der Waals surface area contributed by atoms with Gasteiger partial charge < -0.3 is 4.57 Å². The number of hydrogen-bond acceptors (Lipinski definition) is 1. The number of hydrogen-bond donors (Lipinski definition) is 0. The third-order valence-electron chi connectivity index (χ3n) is 3.98. The van der Waals surface area contributed by atoms with Gasteiger partial charge in [0.15, 0.2) is 0 Å². The van der Waals surface area contributed by atoms with E-state index >= 15 is 0 Å². The average Bonchev–Trinajstić information content (AvgIpc) is 2.94. The average molecular weight is 223 g/mol. The van der Waals surface area contributed by atoms with Gasteiger partial charge in [0, 0.05) is 24.2 Å². The van der Waals surface area contributed by atoms with E-state index in [-0.39, 0.29) is 5.56 Å². The number of rotatable bonds is 0. The largest absolute Gasteiger partial charge is 0.312 e. The van der Waals surface area contributed by atoms with E-state index in [0.717, 1.165) is 31.4 Å². The molecule has 0 N–H and O–H groups in total. The Balaban J connectivity index is 2.07. The number of aryl methyl sites for hydroxylation is 1. The van der Waals surface area contributed by atoms with E-state index in [1.54, 1.807) is 0 Å². The quantitative estimate of drug-likeness (QED) is 0.573. The van der Waals surface area contributed by atoms with E-state index in [0.29, 0.717) is 0 Å². The van der Waals surface area contributed by atoms with Gasteiger partial charge in [-0.05, 0) is 35.6 Å². The Bertz CT molecular complexity index is 682. The maximum atomic E-state index is 12.4. The summed E-state index contributed by atoms with van der Waals surface area (Å²) in [6.07, 6.45) is 2.97. The number of benzene rings is 1. The lowest BCUT2D eigenvalue weighted by molar-refractivity contribution is 0.715. The fourth-order valence-corrected chi connectivity index (χ4v) is 3.15. The molecule has 1 aliphatic heterocycles. The Morgan fingerprint density at radius 2 is 2.00 bits per heavy atom. The van der Waals surface area contributed by atoms with Gasteiger partial charge in [-0.25, -0.2) is 0 Å². The first-order valence-electron chi connectivity index (χ1n) is 6.18. The van der Waals surface area contributed by atoms with Crippen molar-refractivity contribution in [3.05, 3.63) is 57.5 Å². The first-order valence-corrected chi connectivity index (χ1v) is 6.18. The molecule has 17 heavy (non-hydrogen) atoms. The molecular weight excluding hydrogens is 210 g/mol. The third-order valence-corrected chi connectivity index (χ3v) is 3.98. The topological polar surface area (TPSA) is 22.0 Å². The molecular formula is C15H13NO. The summed E-state index contributed by atoms with van der Waals surface area (Å²) in [4.78, 5) is 12.4. The second kappa shape index (κ2) is 3.10. The van der Waals surface area contributed by atoms with Crippen molar-refractivity contribution in [1.82, 2.24) is 4.57 Å². The number of aromatic nitrogens is 1. The first-order chi connectivity index (χ1) is 8.34. The molecule has 1 aromatic carbocycles. The Morgan fingerprint density at radius 3 is 2.94 bits per heavy atom. The maximum Gasteiger partial charge on any atom is 0.254 e. The zero-order valence-electron chi connectivity index (χ0n) is 9.57. The van der Waals surface area contributed by atoms with Crippen LogP contribution in [0.15, 0.2) is 35.1 Å². The lowest BCUT2D eigenvalue weighted by Crippen LogP contribution is -2.22. The summed E-state index contributed by atoms with van der Waals surface area (Å²) in [5.74, 6) is 0. The van der Waals surface area contributed by atoms with E-state index in [4.69, 9.17) is 0 Å². The van der Waals surface area contributed by atoms with Crippen LogP contribution < -0.4 is 5.56 Å². The van der Waals surface area contributed by atoms with Crippen LogP contribution in [-0.4, -0.2) is 4.57 Å². The summed E-state index contributed by atoms with van der Waals surface area (Å²) in [5, 5.41) is 0. The monoisotopic (exact) mass is 223 g/mol. The van der Waals surface area contributed by atoms with Crippen LogP contribution in [-0.2, 0) is 19.4 Å². The summed E-state index contributed by atoms with van der Waals surface area (Å²) in [6.45, 7) is 0.901. The van der Waals surface area contributed by atoms with Crippen LogP contribution in [0.25, 0.3) is 11.1 Å². The number of pyridine rings is 1. The lowest BCUT2D eigenvalue weighted by Gasteiger charge is -2.07. The fourth-order valence-electron chi connectivity index (χ4n) is 3.15. The van der Waals surface area contributed by atoms with Crippen LogP contribution in [0.5, 0.6) is 0 Å². The summed E-state index contributed by atoms with van der Waals surface area (Å²) in [5.41, 5.74) is 6.19. The van der Waals surface area contributed by atoms with Gasteiger partial charge in [0.2, 0.25) is 0 Å². The maximum absolute atomic E-state index is 12.4. The van der Waals surface area contributed by atoms with Gasteiger partial charge in [0.25, 0.3) is 5.56 Å². The molecule has 0 saturated carbocycles. The van der Waals surface area contributed by atoms with Crippen LogP contribution in [0.2, 0.25) is 0 Å². The standard InChI is InChI=1S/C15H13NO/c17-15-14-8-10-4-1-2-6-12(10)13(14)9-11-5-3-7-16(11)15/h1-2,4,6,9H,3,5,7-8H2. The zero-order valence-corrected chi connectivity index (χ0v) is 9.57. The number of fused-ring (bicyclic) bond motifs is 4. The Hall–Kier alpha value is -1.83. The predicted octanol–water partition coefficient (Wildman–Crippen LogP) is 2.37. The molecule has 0 spiro atoms. The van der Waals surface area contributed by atoms with Crippen molar-refractivity contribution >= 4 is 0 Å². The molecule has 2 aromatic rings. The van der Waals surface area contributed by atoms with Gasteiger partial charge in [0.1, 0.15) is 0 Å². The van der Waals surface area contributed by atoms with Gasteiger partial charge in [-0.2, -0.15) is 0 Å². The molecule has 0 saturated heterocycles. The van der Waals surface area contributed by atoms with Gasteiger partial charge >= 0.3 is 0 Å². The molecule has 1 aromatic heterocycles. The minimum absolute atomic E-state index is 0.242. The van der Waals surface area contributed by atoms with E-state index in [1.807, 2.05) is 4.57 Å². The second-order valence-corrected chi connectivity index (χ2v) is 4.92. The van der Waals surface area contributed by atoms with Crippen LogP contribution in [0.4, 0.5) is 0 Å². The summed E-state index contributed by atoms with van der Waals surface area (Å²) >= 11 is 0. The zero-order chi connectivity index (χ0) is 11.4. The highest BCUT2D eigenvalue weighted by molar-refractivity contribution is 5.76. The molecule has 0 bridgehead atoms. The summed E-state index contributed by atoms with van der Waals surface area (Å²) < 4.78 is 1.96. The molecule has 1 aliphatic carbocycles. The third kappa shape index (κ3) is 1.13. The minimum Gasteiger partial charge on any atom is -0.312 e. The molecule has 2 heteroatoms.